The first-order chi connectivity index (χ1) is 17.1. The molecule has 4 aromatic carbocycles. The van der Waals surface area contributed by atoms with Crippen LogP contribution >= 0.6 is 0 Å². The maximum atomic E-state index is 9.31. The maximum Gasteiger partial charge on any atom is 0.294 e. The quantitative estimate of drug-likeness (QED) is 0.183. The molecule has 0 radical (unpaired) electrons. The van der Waals surface area contributed by atoms with E-state index in [4.69, 9.17) is 8.83 Å². The molecule has 5 heteroatoms. The number of aromatic nitrogens is 2. The van der Waals surface area contributed by atoms with Crippen molar-refractivity contribution in [3.63, 3.8) is 0 Å². The Balaban J connectivity index is 1.61. The van der Waals surface area contributed by atoms with E-state index < -0.39 is 0 Å². The van der Waals surface area contributed by atoms with Crippen molar-refractivity contribution < 1.29 is 13.4 Å². The largest absolute Gasteiger partial charge is 0.452 e. The number of imidazole rings is 1. The summed E-state index contributed by atoms with van der Waals surface area (Å²) < 4.78 is 17.4. The number of nitrogens with zero attached hydrogens (tertiary/aromatic N) is 3. The molecule has 0 fully saturated rings. The van der Waals surface area contributed by atoms with Crippen molar-refractivity contribution in [3.05, 3.63) is 84.2 Å². The van der Waals surface area contributed by atoms with Crippen molar-refractivity contribution in [1.82, 2.24) is 4.40 Å². The highest BCUT2D eigenvalue weighted by atomic mass is 16.4. The lowest BCUT2D eigenvalue weighted by atomic mass is 10.0. The smallest absolute Gasteiger partial charge is 0.294 e. The van der Waals surface area contributed by atoms with Crippen LogP contribution in [0.25, 0.3) is 71.2 Å². The summed E-state index contributed by atoms with van der Waals surface area (Å²) in [5.74, 6) is 0. The van der Waals surface area contributed by atoms with Gasteiger partial charge in [0, 0.05) is 32.3 Å². The summed E-state index contributed by atoms with van der Waals surface area (Å²) >= 11 is 0. The molecule has 4 heterocycles. The summed E-state index contributed by atoms with van der Waals surface area (Å²) in [4.78, 5) is 0. The van der Waals surface area contributed by atoms with Gasteiger partial charge in [0.05, 0.1) is 24.1 Å². The minimum Gasteiger partial charge on any atom is -0.452 e. The summed E-state index contributed by atoms with van der Waals surface area (Å²) in [5, 5.41) is 16.9. The van der Waals surface area contributed by atoms with Crippen molar-refractivity contribution >= 4 is 71.2 Å². The van der Waals surface area contributed by atoms with E-state index in [0.717, 1.165) is 49.3 Å². The van der Waals surface area contributed by atoms with Crippen LogP contribution < -0.4 is 4.57 Å². The topological polar surface area (TPSA) is 58.4 Å². The molecule has 164 valence electrons. The fourth-order valence-electron chi connectivity index (χ4n) is 5.79. The minimum absolute atomic E-state index is 0.577. The minimum atomic E-state index is 0.577. The molecule has 8 rings (SSSR count). The van der Waals surface area contributed by atoms with Crippen molar-refractivity contribution in [2.45, 2.75) is 6.92 Å². The second-order valence-corrected chi connectivity index (χ2v) is 9.28. The molecule has 0 spiro atoms. The molecule has 0 bridgehead atoms. The van der Waals surface area contributed by atoms with Crippen molar-refractivity contribution in [3.8, 4) is 6.07 Å². The molecular weight excluding hydrogens is 434 g/mol. The summed E-state index contributed by atoms with van der Waals surface area (Å²) in [7, 11) is 2.08. The Kier molecular flexibility index (Phi) is 3.29. The number of hydrogen-bond donors (Lipinski definition) is 0. The molecule has 0 N–H and O–H groups in total. The van der Waals surface area contributed by atoms with E-state index in [-0.39, 0.29) is 0 Å². The van der Waals surface area contributed by atoms with Crippen LogP contribution in [0.4, 0.5) is 0 Å². The zero-order valence-electron chi connectivity index (χ0n) is 19.1. The third-order valence-electron chi connectivity index (χ3n) is 7.38. The molecule has 0 aliphatic rings. The average molecular weight is 452 g/mol. The van der Waals surface area contributed by atoms with Crippen LogP contribution in [0.2, 0.25) is 0 Å². The van der Waals surface area contributed by atoms with Gasteiger partial charge in [0.2, 0.25) is 0 Å². The SMILES string of the molecule is Cc1cccc2c3ccc4c5ccc6c7ccc(C#N)cc7oc6c5oc4c3n3cc[n+](C)c3c12. The highest BCUT2D eigenvalue weighted by molar-refractivity contribution is 6.25. The molecule has 35 heavy (non-hydrogen) atoms. The number of benzene rings is 4. The summed E-state index contributed by atoms with van der Waals surface area (Å²) in [5.41, 5.74) is 6.98. The van der Waals surface area contributed by atoms with Crippen LogP contribution in [-0.4, -0.2) is 4.40 Å². The molecule has 0 saturated carbocycles. The van der Waals surface area contributed by atoms with Gasteiger partial charge in [0.1, 0.15) is 18.0 Å². The van der Waals surface area contributed by atoms with Gasteiger partial charge in [0.25, 0.3) is 5.65 Å². The standard InChI is InChI=1S/C30H18N3O2/c1-16-4-3-5-19-20-8-9-22-23-11-10-21-18-7-6-17(15-31)14-24(18)34-28(21)29(23)35-27(22)26(20)33-13-12-32(2)30(33)25(16)19/h3-14H,1-2H3/q+1. The zero-order valence-corrected chi connectivity index (χ0v) is 19.1. The van der Waals surface area contributed by atoms with Gasteiger partial charge in [-0.2, -0.15) is 9.66 Å². The predicted molar refractivity (Wildman–Crippen MR) is 138 cm³/mol. The van der Waals surface area contributed by atoms with E-state index >= 15 is 0 Å². The van der Waals surface area contributed by atoms with Gasteiger partial charge in [-0.1, -0.05) is 18.2 Å². The summed E-state index contributed by atoms with van der Waals surface area (Å²) in [6.45, 7) is 2.16. The molecule has 4 aromatic heterocycles. The van der Waals surface area contributed by atoms with Gasteiger partial charge >= 0.3 is 0 Å². The highest BCUT2D eigenvalue weighted by Crippen LogP contribution is 2.42. The molecule has 0 saturated heterocycles. The van der Waals surface area contributed by atoms with Crippen molar-refractivity contribution in [1.29, 1.82) is 5.26 Å². The Morgan fingerprint density at radius 1 is 0.800 bits per heavy atom. The van der Waals surface area contributed by atoms with Gasteiger partial charge in [-0.15, -0.1) is 0 Å². The zero-order chi connectivity index (χ0) is 23.4. The van der Waals surface area contributed by atoms with E-state index in [1.807, 2.05) is 12.1 Å². The molecule has 0 unspecified atom stereocenters. The fraction of sp³-hybridized carbons (Fsp3) is 0.0667. The average Bonchev–Trinajstić information content (AvgIpc) is 3.56. The van der Waals surface area contributed by atoms with Gasteiger partial charge < -0.3 is 8.83 Å². The lowest BCUT2D eigenvalue weighted by Crippen LogP contribution is -2.26. The third-order valence-corrected chi connectivity index (χ3v) is 7.38. The van der Waals surface area contributed by atoms with E-state index in [9.17, 15) is 5.26 Å². The summed E-state index contributed by atoms with van der Waals surface area (Å²) in [6, 6.07) is 22.8. The molecule has 0 atom stereocenters. The van der Waals surface area contributed by atoms with Crippen molar-refractivity contribution in [2.75, 3.05) is 0 Å². The number of nitriles is 1. The Morgan fingerprint density at radius 2 is 1.51 bits per heavy atom. The molecular formula is C30H18N3O2+. The van der Waals surface area contributed by atoms with Crippen LogP contribution in [0.3, 0.4) is 0 Å². The lowest BCUT2D eigenvalue weighted by Gasteiger charge is -2.07. The van der Waals surface area contributed by atoms with Crippen LogP contribution in [0.15, 0.2) is 81.9 Å². The van der Waals surface area contributed by atoms with Crippen molar-refractivity contribution in [2.24, 2.45) is 7.05 Å². The Bertz CT molecular complexity index is 2250. The van der Waals surface area contributed by atoms with Crippen LogP contribution in [0, 0.1) is 18.3 Å². The fourth-order valence-corrected chi connectivity index (χ4v) is 5.79. The summed E-state index contributed by atoms with van der Waals surface area (Å²) in [6.07, 6.45) is 4.20. The molecule has 5 nitrogen and oxygen atoms in total. The van der Waals surface area contributed by atoms with Gasteiger partial charge in [-0.05, 0) is 55.0 Å². The van der Waals surface area contributed by atoms with Gasteiger partial charge in [-0.3, -0.25) is 0 Å². The number of aryl methyl sites for hydroxylation is 2. The highest BCUT2D eigenvalue weighted by Gasteiger charge is 2.24. The van der Waals surface area contributed by atoms with E-state index in [2.05, 4.69) is 83.9 Å². The third kappa shape index (κ3) is 2.19. The Hall–Kier alpha value is -4.82. The van der Waals surface area contributed by atoms with E-state index in [0.29, 0.717) is 16.7 Å². The molecule has 0 amide bonds. The number of furan rings is 2. The maximum absolute atomic E-state index is 9.31. The molecule has 0 aliphatic heterocycles. The second kappa shape index (κ2) is 6.19. The second-order valence-electron chi connectivity index (χ2n) is 9.28. The van der Waals surface area contributed by atoms with E-state index in [1.165, 1.54) is 16.3 Å². The first-order valence-electron chi connectivity index (χ1n) is 11.6. The number of pyridine rings is 1. The van der Waals surface area contributed by atoms with Crippen LogP contribution in [0.5, 0.6) is 0 Å². The van der Waals surface area contributed by atoms with Crippen LogP contribution in [0.1, 0.15) is 11.1 Å². The number of rotatable bonds is 0. The van der Waals surface area contributed by atoms with Crippen LogP contribution in [-0.2, 0) is 7.05 Å². The Morgan fingerprint density at radius 3 is 2.34 bits per heavy atom. The monoisotopic (exact) mass is 452 g/mol. The lowest BCUT2D eigenvalue weighted by molar-refractivity contribution is -0.643. The Labute approximate surface area is 198 Å². The van der Waals surface area contributed by atoms with Gasteiger partial charge in [0.15, 0.2) is 22.3 Å². The first kappa shape index (κ1) is 18.6. The van der Waals surface area contributed by atoms with E-state index in [1.54, 1.807) is 6.07 Å². The number of hydrogen-bond acceptors (Lipinski definition) is 3. The predicted octanol–water partition coefficient (Wildman–Crippen LogP) is 7.05. The number of fused-ring (bicyclic) bond motifs is 14. The molecule has 8 aromatic rings. The first-order valence-corrected chi connectivity index (χ1v) is 11.6. The normalized spacial score (nSPS) is 12.3. The van der Waals surface area contributed by atoms with Gasteiger partial charge in [-0.25, -0.2) is 4.57 Å². The molecule has 0 aliphatic carbocycles.